The number of nitrogens with zero attached hydrogens (tertiary/aromatic N) is 1. The molecular weight excluding hydrogens is 1370 g/mol. The molecule has 2 aliphatic carbocycles. The van der Waals surface area contributed by atoms with Gasteiger partial charge in [-0.25, -0.2) is 19.2 Å². The van der Waals surface area contributed by atoms with Gasteiger partial charge >= 0.3 is 36.1 Å². The Hall–Kier alpha value is -10.7. The molecule has 0 bridgehead atoms. The van der Waals surface area contributed by atoms with Gasteiger partial charge in [0.2, 0.25) is 23.8 Å². The van der Waals surface area contributed by atoms with Crippen LogP contribution in [0, 0.1) is 22.7 Å². The second-order valence-electron chi connectivity index (χ2n) is 28.3. The van der Waals surface area contributed by atoms with E-state index < -0.39 is 186 Å². The molecule has 2 fully saturated rings. The number of ketones is 1. The van der Waals surface area contributed by atoms with Gasteiger partial charge in [-0.1, -0.05) is 120 Å². The summed E-state index contributed by atoms with van der Waals surface area (Å²) in [6.45, 7) is 12.7. The smallest absolute Gasteiger partial charge is 0.456 e. The Morgan fingerprint density at radius 2 is 1.35 bits per heavy atom. The molecule has 4 aliphatic rings. The van der Waals surface area contributed by atoms with Crippen molar-refractivity contribution in [1.82, 2.24) is 26.2 Å². The lowest BCUT2D eigenvalue weighted by atomic mass is 9.51. The fourth-order valence-electron chi connectivity index (χ4n) is 14.0. The van der Waals surface area contributed by atoms with Crippen LogP contribution in [0.3, 0.4) is 0 Å². The summed E-state index contributed by atoms with van der Waals surface area (Å²) in [4.78, 5) is 179. The zero-order valence-corrected chi connectivity index (χ0v) is 60.6. The van der Waals surface area contributed by atoms with Crippen LogP contribution in [-0.4, -0.2) is 173 Å². The molecular formula is C77H93N7O22. The maximum atomic E-state index is 16.1. The topological polar surface area (TPSA) is 416 Å². The van der Waals surface area contributed by atoms with Crippen molar-refractivity contribution in [3.63, 3.8) is 0 Å². The quantitative estimate of drug-likeness (QED) is 0.00981. The molecule has 1 saturated carbocycles. The second kappa shape index (κ2) is 35.9. The number of benzene rings is 4. The van der Waals surface area contributed by atoms with E-state index in [9.17, 15) is 63.0 Å². The normalized spacial score (nSPS) is 23.8. The molecule has 9 N–H and O–H groups in total. The van der Waals surface area contributed by atoms with Crippen LogP contribution in [0.25, 0.3) is 0 Å². The van der Waals surface area contributed by atoms with Crippen molar-refractivity contribution in [2.24, 2.45) is 28.4 Å². The minimum absolute atomic E-state index is 0.000847. The van der Waals surface area contributed by atoms with Crippen molar-refractivity contribution in [2.75, 3.05) is 25.0 Å². The summed E-state index contributed by atoms with van der Waals surface area (Å²) in [7, 11) is 0. The lowest BCUT2D eigenvalue weighted by molar-refractivity contribution is -0.334. The number of carbonyl (C=O) groups excluding carboxylic acids is 13. The van der Waals surface area contributed by atoms with Crippen molar-refractivity contribution < 1.29 is 106 Å². The van der Waals surface area contributed by atoms with E-state index in [-0.39, 0.29) is 72.3 Å². The Morgan fingerprint density at radius 1 is 0.726 bits per heavy atom. The minimum Gasteiger partial charge on any atom is -0.456 e. The average molecular weight is 1470 g/mol. The van der Waals surface area contributed by atoms with E-state index in [1.165, 1.54) is 86.7 Å². The van der Waals surface area contributed by atoms with Crippen LogP contribution in [0.15, 0.2) is 139 Å². The maximum Gasteiger partial charge on any atom is 0.509 e. The van der Waals surface area contributed by atoms with Crippen LogP contribution >= 0.6 is 0 Å². The minimum atomic E-state index is -2.21. The van der Waals surface area contributed by atoms with Crippen LogP contribution in [-0.2, 0) is 82.9 Å². The molecule has 0 radical (unpaired) electrons. The van der Waals surface area contributed by atoms with Crippen LogP contribution in [0.2, 0.25) is 0 Å². The highest BCUT2D eigenvalue weighted by Gasteiger charge is 2.74. The summed E-state index contributed by atoms with van der Waals surface area (Å²) in [5.74, 6) is -10.7. The van der Waals surface area contributed by atoms with Gasteiger partial charge in [0.05, 0.1) is 35.7 Å². The molecule has 4 aromatic rings. The predicted molar refractivity (Wildman–Crippen MR) is 378 cm³/mol. The van der Waals surface area contributed by atoms with Gasteiger partial charge in [0, 0.05) is 69.6 Å². The Balaban J connectivity index is 1.08. The number of esters is 4. The van der Waals surface area contributed by atoms with Gasteiger partial charge in [0.1, 0.15) is 43.0 Å². The molecule has 29 heteroatoms. The monoisotopic (exact) mass is 1470 g/mol. The Morgan fingerprint density at radius 3 is 1.92 bits per heavy atom. The summed E-state index contributed by atoms with van der Waals surface area (Å²) in [5.41, 5.74) is 0.821. The zero-order valence-electron chi connectivity index (χ0n) is 60.6. The summed E-state index contributed by atoms with van der Waals surface area (Å²) < 4.78 is 42.5. The molecule has 0 spiro atoms. The Bertz CT molecular complexity index is 3940. The van der Waals surface area contributed by atoms with E-state index in [1.54, 1.807) is 89.2 Å². The number of anilines is 1. The van der Waals surface area contributed by atoms with E-state index >= 15 is 9.59 Å². The van der Waals surface area contributed by atoms with Gasteiger partial charge in [-0.3, -0.25) is 48.1 Å². The molecule has 13 atom stereocenters. The van der Waals surface area contributed by atoms with E-state index in [0.29, 0.717) is 24.8 Å². The average Bonchev–Trinajstić information content (AvgIpc) is 0.720. The molecule has 2 aliphatic heterocycles. The third-order valence-corrected chi connectivity index (χ3v) is 19.3. The summed E-state index contributed by atoms with van der Waals surface area (Å²) in [6.07, 6.45) is -11.2. The van der Waals surface area contributed by atoms with E-state index in [2.05, 4.69) is 26.6 Å². The number of imide groups is 1. The van der Waals surface area contributed by atoms with Gasteiger partial charge in [0.15, 0.2) is 17.5 Å². The van der Waals surface area contributed by atoms with Crippen molar-refractivity contribution in [2.45, 2.75) is 187 Å². The van der Waals surface area contributed by atoms with Gasteiger partial charge in [-0.15, -0.1) is 0 Å². The number of rotatable bonds is 29. The van der Waals surface area contributed by atoms with Crippen LogP contribution < -0.4 is 32.3 Å². The number of fused-ring (bicyclic) bond motifs is 3. The Kier molecular flexibility index (Phi) is 27.4. The molecule has 568 valence electrons. The highest BCUT2D eigenvalue weighted by atomic mass is 16.7. The third-order valence-electron chi connectivity index (χ3n) is 19.3. The number of aliphatic hydroxyl groups is 2. The lowest BCUT2D eigenvalue weighted by Crippen LogP contribution is -2.78. The number of amides is 8. The molecule has 2 heterocycles. The van der Waals surface area contributed by atoms with Gasteiger partial charge in [0.25, 0.3) is 17.7 Å². The van der Waals surface area contributed by atoms with E-state index in [0.717, 1.165) is 18.7 Å². The second-order valence-corrected chi connectivity index (χ2v) is 28.3. The fraction of sp³-hybridized carbons (Fsp3) is 0.468. The number of unbranched alkanes of at least 4 members (excludes halogenated alkanes) is 2. The van der Waals surface area contributed by atoms with E-state index in [4.69, 9.17) is 38.9 Å². The highest BCUT2D eigenvalue weighted by molar-refractivity contribution is 6.13. The SMILES string of the molecule is CC(=O)O[C@@H]1C(=O)[C@@]2(C)[C@H](O)C[C@@H]3OC[C@]3(OC(C)=O)[C@@H]2[C@@H](OC(=O)c2ccccc2)C(O)C[C@@H](OC(=O)[C@@H](OC(=O)OCc2ccc(NC(=O)[C@H](CCCNC(N)=O)NC(=O)C(NC(=O)CCCCCN3C(=O)C=CC3=O)C(C)C)cc2)[C@H](NC(=O)c2ccccc2)c2ccccc2)/C(C)=C/1C(C)(C)C. The Labute approximate surface area is 613 Å². The number of hydrogen-bond donors (Lipinski definition) is 8. The molecule has 0 aromatic heterocycles. The number of hydrogen-bond acceptors (Lipinski definition) is 22. The molecule has 106 heavy (non-hydrogen) atoms. The van der Waals surface area contributed by atoms with Crippen molar-refractivity contribution in [1.29, 1.82) is 0 Å². The number of aliphatic hydroxyl groups excluding tert-OH is 2. The summed E-state index contributed by atoms with van der Waals surface area (Å²) in [5, 5.41) is 39.0. The van der Waals surface area contributed by atoms with E-state index in [1.807, 2.05) is 0 Å². The van der Waals surface area contributed by atoms with Gasteiger partial charge in [-0.05, 0) is 110 Å². The van der Waals surface area contributed by atoms with Crippen LogP contribution in [0.5, 0.6) is 0 Å². The molecule has 29 nitrogen and oxygen atoms in total. The fourth-order valence-corrected chi connectivity index (χ4v) is 14.0. The van der Waals surface area contributed by atoms with Crippen LogP contribution in [0.4, 0.5) is 15.3 Å². The number of carbonyl (C=O) groups is 13. The predicted octanol–water partition coefficient (Wildman–Crippen LogP) is 6.23. The first-order chi connectivity index (χ1) is 50.2. The van der Waals surface area contributed by atoms with Crippen molar-refractivity contribution in [3.8, 4) is 0 Å². The van der Waals surface area contributed by atoms with Crippen molar-refractivity contribution >= 4 is 83.0 Å². The number of Topliss-reactive ketones (excluding diaryl/α,β-unsaturated/α-hetero) is 1. The number of primary amides is 1. The number of nitrogens with one attached hydrogen (secondary N) is 5. The third kappa shape index (κ3) is 20.0. The largest absolute Gasteiger partial charge is 0.509 e. The van der Waals surface area contributed by atoms with Crippen LogP contribution in [0.1, 0.15) is 152 Å². The highest BCUT2D eigenvalue weighted by Crippen LogP contribution is 2.58. The standard InChI is InChI=1S/C77H93N7O22/c1-43(2)61(82-57(89)30-20-13-21-38-84-58(90)35-36-59(84)91)70(95)81-52(29-22-37-79-73(78)98)69(94)80-51-33-31-47(32-34-51)41-100-74(99)105-65(62(48-23-14-10-15-24-48)83-68(93)49-25-16-11-17-26-49)72(97)103-54-39-53(87)63(104-71(96)50-27-18-12-19-28-50)66-76(9,55(88)40-56-77(66,42-101-56)106-46(5)86)67(92)64(102-45(4)85)60(44(54)3)75(6,7)8/h10-12,14-19,23-28,31-36,43,52-56,61-66,87-88H,13,20-22,29-30,37-42H2,1-9H3,(H,80,94)(H,81,95)(H,82,89)(H,83,93)(H3,78,79,98)/b60-44-/t52-,53?,54+,55+,56-,61?,62+,63-,64-,65-,66+,76-,77+/m0/s1. The van der Waals surface area contributed by atoms with Gasteiger partial charge < -0.3 is 75.7 Å². The van der Waals surface area contributed by atoms with Crippen molar-refractivity contribution in [3.05, 3.63) is 161 Å². The first kappa shape index (κ1) is 81.0. The number of ether oxygens (including phenoxy) is 7. The first-order valence-electron chi connectivity index (χ1n) is 35.1. The summed E-state index contributed by atoms with van der Waals surface area (Å²) in [6, 6.07) is 24.5. The first-order valence-corrected chi connectivity index (χ1v) is 35.1. The molecule has 2 unspecified atom stereocenters. The molecule has 8 rings (SSSR count). The lowest BCUT2D eigenvalue weighted by Gasteiger charge is -2.63. The number of urea groups is 1. The molecule has 8 amide bonds. The van der Waals surface area contributed by atoms with Gasteiger partial charge in [-0.2, -0.15) is 0 Å². The zero-order chi connectivity index (χ0) is 77.4. The summed E-state index contributed by atoms with van der Waals surface area (Å²) >= 11 is 0. The molecule has 4 aromatic carbocycles. The number of nitrogens with two attached hydrogens (primary N) is 1. The maximum absolute atomic E-state index is 16.1. The molecule has 1 saturated heterocycles.